The first-order chi connectivity index (χ1) is 9.05. The smallest absolute Gasteiger partial charge is 0.137 e. The summed E-state index contributed by atoms with van der Waals surface area (Å²) in [6, 6.07) is 2.96. The van der Waals surface area contributed by atoms with Crippen LogP contribution < -0.4 is 0 Å². The Hall–Kier alpha value is -2.26. The molecule has 2 aromatic rings. The highest BCUT2D eigenvalue weighted by Crippen LogP contribution is 2.29. The van der Waals surface area contributed by atoms with Gasteiger partial charge < -0.3 is 5.11 Å². The molecule has 0 bridgehead atoms. The SMILES string of the molecule is C#CCC(O)(Cn1cncn1)c1ccc(F)cc1F. The Kier molecular flexibility index (Phi) is 3.58. The molecule has 6 heteroatoms. The lowest BCUT2D eigenvalue weighted by Gasteiger charge is -2.26. The van der Waals surface area contributed by atoms with E-state index in [2.05, 4.69) is 16.0 Å². The van der Waals surface area contributed by atoms with Gasteiger partial charge in [-0.2, -0.15) is 5.10 Å². The highest BCUT2D eigenvalue weighted by Gasteiger charge is 2.32. The van der Waals surface area contributed by atoms with Gasteiger partial charge in [0, 0.05) is 18.1 Å². The zero-order valence-electron chi connectivity index (χ0n) is 9.92. The Morgan fingerprint density at radius 1 is 1.42 bits per heavy atom. The quantitative estimate of drug-likeness (QED) is 0.850. The third kappa shape index (κ3) is 2.77. The Morgan fingerprint density at radius 3 is 2.79 bits per heavy atom. The third-order valence-corrected chi connectivity index (χ3v) is 2.72. The van der Waals surface area contributed by atoms with Crippen molar-refractivity contribution < 1.29 is 13.9 Å². The maximum atomic E-state index is 13.8. The molecule has 0 saturated carbocycles. The molecule has 98 valence electrons. The molecule has 0 spiro atoms. The summed E-state index contributed by atoms with van der Waals surface area (Å²) in [6.07, 6.45) is 7.75. The van der Waals surface area contributed by atoms with E-state index < -0.39 is 17.2 Å². The molecule has 0 aliphatic rings. The molecule has 1 aromatic carbocycles. The van der Waals surface area contributed by atoms with Crippen LogP contribution in [0.15, 0.2) is 30.9 Å². The van der Waals surface area contributed by atoms with Crippen LogP contribution in [0, 0.1) is 24.0 Å². The van der Waals surface area contributed by atoms with Gasteiger partial charge in [-0.05, 0) is 6.07 Å². The summed E-state index contributed by atoms with van der Waals surface area (Å²) < 4.78 is 28.0. The summed E-state index contributed by atoms with van der Waals surface area (Å²) in [4.78, 5) is 3.73. The minimum atomic E-state index is -1.67. The molecule has 4 nitrogen and oxygen atoms in total. The largest absolute Gasteiger partial charge is 0.382 e. The second-order valence-corrected chi connectivity index (χ2v) is 4.13. The van der Waals surface area contributed by atoms with Gasteiger partial charge in [0.25, 0.3) is 0 Å². The van der Waals surface area contributed by atoms with Crippen molar-refractivity contribution in [3.05, 3.63) is 48.1 Å². The maximum absolute atomic E-state index is 13.8. The molecule has 0 radical (unpaired) electrons. The highest BCUT2D eigenvalue weighted by molar-refractivity contribution is 5.26. The van der Waals surface area contributed by atoms with Crippen molar-refractivity contribution in [1.29, 1.82) is 0 Å². The van der Waals surface area contributed by atoms with Gasteiger partial charge in [-0.1, -0.05) is 6.07 Å². The van der Waals surface area contributed by atoms with Crippen LogP contribution in [0.25, 0.3) is 0 Å². The highest BCUT2D eigenvalue weighted by atomic mass is 19.1. The second kappa shape index (κ2) is 5.16. The number of aliphatic hydroxyl groups is 1. The summed E-state index contributed by atoms with van der Waals surface area (Å²) >= 11 is 0. The maximum Gasteiger partial charge on any atom is 0.137 e. The van der Waals surface area contributed by atoms with E-state index in [1.807, 2.05) is 0 Å². The topological polar surface area (TPSA) is 50.9 Å². The lowest BCUT2D eigenvalue weighted by Crippen LogP contribution is -2.32. The van der Waals surface area contributed by atoms with Crippen molar-refractivity contribution in [2.75, 3.05) is 0 Å². The van der Waals surface area contributed by atoms with Gasteiger partial charge >= 0.3 is 0 Å². The molecule has 19 heavy (non-hydrogen) atoms. The van der Waals surface area contributed by atoms with Gasteiger partial charge in [-0.25, -0.2) is 18.4 Å². The van der Waals surface area contributed by atoms with Gasteiger partial charge in [0.1, 0.15) is 29.9 Å². The minimum Gasteiger partial charge on any atom is -0.382 e. The average molecular weight is 263 g/mol. The van der Waals surface area contributed by atoms with Gasteiger partial charge in [0.15, 0.2) is 0 Å². The number of benzene rings is 1. The number of rotatable bonds is 4. The summed E-state index contributed by atoms with van der Waals surface area (Å²) in [5, 5.41) is 14.4. The summed E-state index contributed by atoms with van der Waals surface area (Å²) in [6.45, 7) is -0.0697. The molecular weight excluding hydrogens is 252 g/mol. The first-order valence-corrected chi connectivity index (χ1v) is 5.49. The fourth-order valence-corrected chi connectivity index (χ4v) is 1.85. The average Bonchev–Trinajstić information content (AvgIpc) is 2.81. The molecule has 1 aromatic heterocycles. The Morgan fingerprint density at radius 2 is 2.21 bits per heavy atom. The van der Waals surface area contributed by atoms with E-state index in [1.165, 1.54) is 23.4 Å². The lowest BCUT2D eigenvalue weighted by atomic mass is 9.90. The second-order valence-electron chi connectivity index (χ2n) is 4.13. The molecule has 1 unspecified atom stereocenters. The van der Waals surface area contributed by atoms with Crippen molar-refractivity contribution in [2.45, 2.75) is 18.6 Å². The molecule has 0 aliphatic carbocycles. The van der Waals surface area contributed by atoms with Crippen LogP contribution in [0.1, 0.15) is 12.0 Å². The van der Waals surface area contributed by atoms with Gasteiger partial charge in [0.2, 0.25) is 0 Å². The predicted octanol–water partition coefficient (Wildman–Crippen LogP) is 1.47. The predicted molar refractivity (Wildman–Crippen MR) is 63.7 cm³/mol. The normalized spacial score (nSPS) is 13.8. The first-order valence-electron chi connectivity index (χ1n) is 5.49. The number of aromatic nitrogens is 3. The van der Waals surface area contributed by atoms with E-state index in [1.54, 1.807) is 0 Å². The fourth-order valence-electron chi connectivity index (χ4n) is 1.85. The van der Waals surface area contributed by atoms with Gasteiger partial charge in [-0.15, -0.1) is 12.3 Å². The Labute approximate surface area is 108 Å². The number of terminal acetylenes is 1. The van der Waals surface area contributed by atoms with Crippen molar-refractivity contribution >= 4 is 0 Å². The number of halogens is 2. The number of nitrogens with zero attached hydrogens (tertiary/aromatic N) is 3. The zero-order chi connectivity index (χ0) is 13.9. The van der Waals surface area contributed by atoms with E-state index in [0.29, 0.717) is 6.07 Å². The van der Waals surface area contributed by atoms with E-state index >= 15 is 0 Å². The third-order valence-electron chi connectivity index (χ3n) is 2.72. The molecule has 0 aliphatic heterocycles. The fraction of sp³-hybridized carbons (Fsp3) is 0.231. The van der Waals surface area contributed by atoms with Crippen LogP contribution in [-0.4, -0.2) is 19.9 Å². The summed E-state index contributed by atoms with van der Waals surface area (Å²) in [5.74, 6) is 0.722. The van der Waals surface area contributed by atoms with E-state index in [0.717, 1.165) is 6.07 Å². The summed E-state index contributed by atoms with van der Waals surface area (Å²) in [7, 11) is 0. The molecule has 2 rings (SSSR count). The number of hydrogen-bond acceptors (Lipinski definition) is 3. The van der Waals surface area contributed by atoms with Crippen molar-refractivity contribution in [2.24, 2.45) is 0 Å². The van der Waals surface area contributed by atoms with Crippen molar-refractivity contribution in [3.63, 3.8) is 0 Å². The van der Waals surface area contributed by atoms with Crippen LogP contribution in [-0.2, 0) is 12.1 Å². The van der Waals surface area contributed by atoms with Crippen molar-refractivity contribution in [1.82, 2.24) is 14.8 Å². The van der Waals surface area contributed by atoms with Crippen LogP contribution >= 0.6 is 0 Å². The van der Waals surface area contributed by atoms with E-state index in [9.17, 15) is 13.9 Å². The van der Waals surface area contributed by atoms with Crippen molar-refractivity contribution in [3.8, 4) is 12.3 Å². The molecule has 1 heterocycles. The van der Waals surface area contributed by atoms with E-state index in [4.69, 9.17) is 6.42 Å². The summed E-state index contributed by atoms with van der Waals surface area (Å²) in [5.41, 5.74) is -1.73. The molecule has 0 saturated heterocycles. The first kappa shape index (κ1) is 13.2. The van der Waals surface area contributed by atoms with Crippen LogP contribution in [0.5, 0.6) is 0 Å². The lowest BCUT2D eigenvalue weighted by molar-refractivity contribution is 0.0165. The monoisotopic (exact) mass is 263 g/mol. The van der Waals surface area contributed by atoms with Crippen LogP contribution in [0.4, 0.5) is 8.78 Å². The Balaban J connectivity index is 2.41. The number of hydrogen-bond donors (Lipinski definition) is 1. The van der Waals surface area contributed by atoms with E-state index in [-0.39, 0.29) is 18.5 Å². The molecule has 1 atom stereocenters. The van der Waals surface area contributed by atoms with Crippen LogP contribution in [0.2, 0.25) is 0 Å². The minimum absolute atomic E-state index is 0.0673. The molecule has 1 N–H and O–H groups in total. The van der Waals surface area contributed by atoms with Crippen LogP contribution in [0.3, 0.4) is 0 Å². The van der Waals surface area contributed by atoms with Gasteiger partial charge in [0.05, 0.1) is 6.54 Å². The zero-order valence-corrected chi connectivity index (χ0v) is 9.92. The standard InChI is InChI=1S/C13H11F2N3O/c1-2-5-13(19,7-18-9-16-8-17-18)11-4-3-10(14)6-12(11)15/h1,3-4,6,8-9,19H,5,7H2. The molecule has 0 amide bonds. The van der Waals surface area contributed by atoms with Gasteiger partial charge in [-0.3, -0.25) is 0 Å². The Bertz CT molecular complexity index is 607. The molecular formula is C13H11F2N3O. The molecule has 0 fully saturated rings.